The maximum Gasteiger partial charge on any atom is 0.416 e. The molecule has 3 aromatic rings. The van der Waals surface area contributed by atoms with Gasteiger partial charge in [0.15, 0.2) is 0 Å². The van der Waals surface area contributed by atoms with E-state index in [4.69, 9.17) is 16.3 Å². The molecule has 1 aliphatic heterocycles. The van der Waals surface area contributed by atoms with Gasteiger partial charge in [0.1, 0.15) is 5.75 Å². The lowest BCUT2D eigenvalue weighted by molar-refractivity contribution is -0.137. The molecule has 0 saturated carbocycles. The highest BCUT2D eigenvalue weighted by atomic mass is 35.5. The van der Waals surface area contributed by atoms with Crippen molar-refractivity contribution in [1.82, 2.24) is 4.90 Å². The van der Waals surface area contributed by atoms with Gasteiger partial charge in [0.05, 0.1) is 24.0 Å². The second-order valence-corrected chi connectivity index (χ2v) is 8.69. The predicted octanol–water partition coefficient (Wildman–Crippen LogP) is 6.45. The van der Waals surface area contributed by atoms with Crippen LogP contribution in [0.5, 0.6) is 5.75 Å². The van der Waals surface area contributed by atoms with Gasteiger partial charge in [-0.1, -0.05) is 29.8 Å². The van der Waals surface area contributed by atoms with E-state index in [-0.39, 0.29) is 17.3 Å². The number of halogens is 4. The van der Waals surface area contributed by atoms with Gasteiger partial charge in [-0.25, -0.2) is 4.79 Å². The third-order valence-electron chi connectivity index (χ3n) is 5.77. The van der Waals surface area contributed by atoms with E-state index >= 15 is 0 Å². The third kappa shape index (κ3) is 5.73. The van der Waals surface area contributed by atoms with Crippen LogP contribution in [0.3, 0.4) is 0 Å². The quantitative estimate of drug-likeness (QED) is 0.408. The summed E-state index contributed by atoms with van der Waals surface area (Å²) < 4.78 is 44.6. The summed E-state index contributed by atoms with van der Waals surface area (Å²) >= 11 is 6.08. The monoisotopic (exact) mass is 517 g/mol. The van der Waals surface area contributed by atoms with Gasteiger partial charge in [-0.3, -0.25) is 9.69 Å². The zero-order chi connectivity index (χ0) is 25.9. The largest absolute Gasteiger partial charge is 0.497 e. The van der Waals surface area contributed by atoms with Gasteiger partial charge >= 0.3 is 12.2 Å². The number of carbonyl (C=O) groups excluding carboxylic acids is 2. The van der Waals surface area contributed by atoms with Crippen LogP contribution >= 0.6 is 11.6 Å². The minimum absolute atomic E-state index is 0.161. The van der Waals surface area contributed by atoms with Crippen molar-refractivity contribution in [2.45, 2.75) is 19.1 Å². The molecule has 0 aromatic heterocycles. The molecule has 0 spiro atoms. The number of benzene rings is 3. The maximum atomic E-state index is 13.4. The third-order valence-corrected chi connectivity index (χ3v) is 6.00. The number of rotatable bonds is 6. The van der Waals surface area contributed by atoms with E-state index in [1.54, 1.807) is 29.2 Å². The minimum atomic E-state index is -4.58. The number of nitrogens with one attached hydrogen (secondary N) is 1. The molecule has 0 aliphatic carbocycles. The molecule has 1 heterocycles. The Hall–Kier alpha value is -3.72. The predicted molar refractivity (Wildman–Crippen MR) is 132 cm³/mol. The number of urea groups is 1. The van der Waals surface area contributed by atoms with Crippen LogP contribution in [0.4, 0.5) is 29.3 Å². The molecule has 10 heteroatoms. The smallest absolute Gasteiger partial charge is 0.416 e. The minimum Gasteiger partial charge on any atom is -0.497 e. The zero-order valence-corrected chi connectivity index (χ0v) is 20.1. The molecule has 36 heavy (non-hydrogen) atoms. The molecule has 1 fully saturated rings. The van der Waals surface area contributed by atoms with Crippen molar-refractivity contribution in [2.24, 2.45) is 0 Å². The van der Waals surface area contributed by atoms with E-state index in [0.717, 1.165) is 17.7 Å². The Balaban J connectivity index is 1.61. The number of methoxy groups -OCH3 is 1. The lowest BCUT2D eigenvalue weighted by Crippen LogP contribution is -2.49. The molecule has 3 amide bonds. The lowest BCUT2D eigenvalue weighted by Gasteiger charge is -2.36. The van der Waals surface area contributed by atoms with E-state index in [9.17, 15) is 22.8 Å². The Bertz CT molecular complexity index is 1280. The summed E-state index contributed by atoms with van der Waals surface area (Å²) in [6, 6.07) is 16.0. The molecular weight excluding hydrogens is 495 g/mol. The number of alkyl halides is 3. The molecule has 4 rings (SSSR count). The second kappa shape index (κ2) is 10.5. The number of nitrogens with zero attached hydrogens (tertiary/aromatic N) is 2. The van der Waals surface area contributed by atoms with Crippen molar-refractivity contribution in [3.05, 3.63) is 88.4 Å². The highest BCUT2D eigenvalue weighted by Gasteiger charge is 2.32. The Morgan fingerprint density at radius 1 is 1.06 bits per heavy atom. The van der Waals surface area contributed by atoms with Crippen LogP contribution in [0.2, 0.25) is 5.02 Å². The molecule has 1 N–H and O–H groups in total. The second-order valence-electron chi connectivity index (χ2n) is 8.26. The molecule has 0 radical (unpaired) electrons. The van der Waals surface area contributed by atoms with Crippen LogP contribution in [-0.4, -0.2) is 37.0 Å². The summed E-state index contributed by atoms with van der Waals surface area (Å²) in [5.41, 5.74) is 0.451. The molecular formula is C26H23ClF3N3O3. The molecule has 188 valence electrons. The van der Waals surface area contributed by atoms with Gasteiger partial charge in [0, 0.05) is 36.3 Å². The standard InChI is InChI=1S/C26H23ClF3N3O3/c1-36-21-9-10-23(22(15-21)31-24(34)18-6-3-7-19(14-18)26(28,29)30)33-12-4-11-32(25(33)35)16-17-5-2-8-20(27)13-17/h2-3,5-10,13-15H,4,11-12,16H2,1H3,(H,31,34). The van der Waals surface area contributed by atoms with Crippen molar-refractivity contribution in [2.75, 3.05) is 30.4 Å². The number of carbonyl (C=O) groups is 2. The van der Waals surface area contributed by atoms with E-state index in [1.807, 2.05) is 12.1 Å². The summed E-state index contributed by atoms with van der Waals surface area (Å²) in [5, 5.41) is 3.23. The van der Waals surface area contributed by atoms with Crippen LogP contribution in [-0.2, 0) is 12.7 Å². The number of hydrogen-bond donors (Lipinski definition) is 1. The Morgan fingerprint density at radius 2 is 1.83 bits per heavy atom. The molecule has 1 saturated heterocycles. The summed E-state index contributed by atoms with van der Waals surface area (Å²) in [6.45, 7) is 1.31. The first-order valence-electron chi connectivity index (χ1n) is 11.1. The number of anilines is 2. The van der Waals surface area contributed by atoms with Crippen molar-refractivity contribution in [3.8, 4) is 5.75 Å². The first-order chi connectivity index (χ1) is 17.2. The average molecular weight is 518 g/mol. The van der Waals surface area contributed by atoms with Crippen molar-refractivity contribution in [3.63, 3.8) is 0 Å². The zero-order valence-electron chi connectivity index (χ0n) is 19.3. The number of amides is 3. The van der Waals surface area contributed by atoms with Gasteiger partial charge in [0.2, 0.25) is 0 Å². The summed E-state index contributed by atoms with van der Waals surface area (Å²) in [4.78, 5) is 29.5. The SMILES string of the molecule is COc1ccc(N2CCCN(Cc3cccc(Cl)c3)C2=O)c(NC(=O)c2cccc(C(F)(F)F)c2)c1. The fraction of sp³-hybridized carbons (Fsp3) is 0.231. The molecule has 3 aromatic carbocycles. The fourth-order valence-corrected chi connectivity index (χ4v) is 4.23. The van der Waals surface area contributed by atoms with Crippen LogP contribution < -0.4 is 15.0 Å². The van der Waals surface area contributed by atoms with Crippen molar-refractivity contribution < 1.29 is 27.5 Å². The molecule has 0 unspecified atom stereocenters. The summed E-state index contributed by atoms with van der Waals surface area (Å²) in [7, 11) is 1.45. The molecule has 0 bridgehead atoms. The fourth-order valence-electron chi connectivity index (χ4n) is 4.02. The first-order valence-corrected chi connectivity index (χ1v) is 11.5. The highest BCUT2D eigenvalue weighted by molar-refractivity contribution is 6.30. The van der Waals surface area contributed by atoms with Gasteiger partial charge in [-0.2, -0.15) is 13.2 Å². The summed E-state index contributed by atoms with van der Waals surface area (Å²) in [6.07, 6.45) is -3.90. The van der Waals surface area contributed by atoms with Gasteiger partial charge in [-0.05, 0) is 54.4 Å². The lowest BCUT2D eigenvalue weighted by atomic mass is 10.1. The van der Waals surface area contributed by atoms with Crippen molar-refractivity contribution in [1.29, 1.82) is 0 Å². The van der Waals surface area contributed by atoms with Crippen LogP contribution in [0.25, 0.3) is 0 Å². The van der Waals surface area contributed by atoms with Gasteiger partial charge < -0.3 is 15.0 Å². The Kier molecular flexibility index (Phi) is 7.40. The molecule has 1 aliphatic rings. The van der Waals surface area contributed by atoms with Crippen LogP contribution in [0.1, 0.15) is 27.9 Å². The Labute approximate surface area is 211 Å². The summed E-state index contributed by atoms with van der Waals surface area (Å²) in [5.74, 6) is -0.325. The maximum absolute atomic E-state index is 13.4. The van der Waals surface area contributed by atoms with Crippen molar-refractivity contribution >= 4 is 34.9 Å². The first kappa shape index (κ1) is 25.4. The molecule has 0 atom stereocenters. The topological polar surface area (TPSA) is 61.9 Å². The van der Waals surface area contributed by atoms with Crippen LogP contribution in [0.15, 0.2) is 66.7 Å². The Morgan fingerprint density at radius 3 is 2.56 bits per heavy atom. The van der Waals surface area contributed by atoms with E-state index in [1.165, 1.54) is 30.2 Å². The number of ether oxygens (including phenoxy) is 1. The van der Waals surface area contributed by atoms with Crippen LogP contribution in [0, 0.1) is 0 Å². The van der Waals surface area contributed by atoms with Gasteiger partial charge in [-0.15, -0.1) is 0 Å². The number of hydrogen-bond acceptors (Lipinski definition) is 3. The van der Waals surface area contributed by atoms with Gasteiger partial charge in [0.25, 0.3) is 5.91 Å². The normalized spacial score (nSPS) is 14.1. The average Bonchev–Trinajstić information content (AvgIpc) is 2.85. The van der Waals surface area contributed by atoms with E-state index in [0.29, 0.717) is 42.5 Å². The molecule has 6 nitrogen and oxygen atoms in total. The highest BCUT2D eigenvalue weighted by Crippen LogP contribution is 2.34. The van der Waals surface area contributed by atoms with E-state index in [2.05, 4.69) is 5.32 Å². The van der Waals surface area contributed by atoms with E-state index < -0.39 is 17.6 Å².